The molecule has 1 aromatic carbocycles. The van der Waals surface area contributed by atoms with E-state index in [4.69, 9.17) is 9.84 Å². The van der Waals surface area contributed by atoms with Gasteiger partial charge in [-0.3, -0.25) is 0 Å². The maximum Gasteiger partial charge on any atom is 0.354 e. The van der Waals surface area contributed by atoms with Crippen molar-refractivity contribution in [2.45, 2.75) is 6.92 Å². The molecular formula is C13H13NO4. The molecule has 0 saturated carbocycles. The summed E-state index contributed by atoms with van der Waals surface area (Å²) in [6.45, 7) is 2.05. The number of benzene rings is 1. The number of rotatable bonds is 3. The first kappa shape index (κ1) is 12.2. The summed E-state index contributed by atoms with van der Waals surface area (Å²) < 4.78 is 6.63. The fourth-order valence-corrected chi connectivity index (χ4v) is 1.88. The van der Waals surface area contributed by atoms with Crippen LogP contribution in [0, 0.1) is 0 Å². The van der Waals surface area contributed by atoms with Gasteiger partial charge >= 0.3 is 11.9 Å². The zero-order chi connectivity index (χ0) is 13.3. The maximum atomic E-state index is 11.7. The lowest BCUT2D eigenvalue weighted by atomic mass is 10.1. The van der Waals surface area contributed by atoms with Gasteiger partial charge in [0.2, 0.25) is 0 Å². The second kappa shape index (κ2) is 4.52. The summed E-state index contributed by atoms with van der Waals surface area (Å²) in [6.07, 6.45) is 0. The molecule has 0 radical (unpaired) electrons. The van der Waals surface area contributed by atoms with Crippen molar-refractivity contribution in [3.05, 3.63) is 35.5 Å². The molecule has 18 heavy (non-hydrogen) atoms. The summed E-state index contributed by atoms with van der Waals surface area (Å²) in [7, 11) is 1.75. The summed E-state index contributed by atoms with van der Waals surface area (Å²) in [6, 6.07) is 6.38. The van der Waals surface area contributed by atoms with Gasteiger partial charge in [-0.15, -0.1) is 0 Å². The second-order valence-electron chi connectivity index (χ2n) is 3.89. The Hall–Kier alpha value is -2.30. The summed E-state index contributed by atoms with van der Waals surface area (Å²) in [5.41, 5.74) is 1.40. The predicted octanol–water partition coefficient (Wildman–Crippen LogP) is 2.05. The van der Waals surface area contributed by atoms with Gasteiger partial charge in [0.1, 0.15) is 5.69 Å². The van der Waals surface area contributed by atoms with Crippen LogP contribution in [0.15, 0.2) is 24.3 Å². The minimum absolute atomic E-state index is 0.198. The average molecular weight is 247 g/mol. The smallest absolute Gasteiger partial charge is 0.354 e. The molecule has 0 aliphatic carbocycles. The maximum absolute atomic E-state index is 11.7. The number of aromatic nitrogens is 1. The lowest BCUT2D eigenvalue weighted by molar-refractivity contribution is 0.0515. The van der Waals surface area contributed by atoms with Crippen LogP contribution in [0.25, 0.3) is 10.9 Å². The molecule has 2 rings (SSSR count). The van der Waals surface area contributed by atoms with Crippen LogP contribution in [0.2, 0.25) is 0 Å². The Kier molecular flexibility index (Phi) is 3.06. The molecule has 0 atom stereocenters. The molecule has 5 nitrogen and oxygen atoms in total. The third kappa shape index (κ3) is 1.95. The molecule has 1 heterocycles. The second-order valence-corrected chi connectivity index (χ2v) is 3.89. The Morgan fingerprint density at radius 3 is 2.67 bits per heavy atom. The number of fused-ring (bicyclic) bond motifs is 1. The van der Waals surface area contributed by atoms with Crippen LogP contribution >= 0.6 is 0 Å². The van der Waals surface area contributed by atoms with Gasteiger partial charge in [-0.2, -0.15) is 0 Å². The largest absolute Gasteiger partial charge is 0.478 e. The summed E-state index contributed by atoms with van der Waals surface area (Å²) in [4.78, 5) is 22.6. The number of esters is 1. The van der Waals surface area contributed by atoms with E-state index in [1.807, 2.05) is 0 Å². The highest BCUT2D eigenvalue weighted by Gasteiger charge is 2.15. The Labute approximate surface area is 104 Å². The molecule has 2 aromatic rings. The van der Waals surface area contributed by atoms with Gasteiger partial charge in [0.05, 0.1) is 12.2 Å². The molecular weight excluding hydrogens is 234 g/mol. The first-order valence-corrected chi connectivity index (χ1v) is 5.54. The third-order valence-electron chi connectivity index (χ3n) is 2.77. The van der Waals surface area contributed by atoms with Crippen LogP contribution in [0.4, 0.5) is 0 Å². The number of carbonyl (C=O) groups excluding carboxylic acids is 1. The Morgan fingerprint density at radius 1 is 1.33 bits per heavy atom. The number of aromatic carboxylic acids is 1. The van der Waals surface area contributed by atoms with Crippen molar-refractivity contribution in [1.29, 1.82) is 0 Å². The van der Waals surface area contributed by atoms with Crippen LogP contribution in [0.3, 0.4) is 0 Å². The third-order valence-corrected chi connectivity index (χ3v) is 2.77. The molecule has 1 N–H and O–H groups in total. The molecule has 0 unspecified atom stereocenters. The fraction of sp³-hybridized carbons (Fsp3) is 0.231. The van der Waals surface area contributed by atoms with E-state index < -0.39 is 11.9 Å². The van der Waals surface area contributed by atoms with Gasteiger partial charge in [-0.1, -0.05) is 0 Å². The molecule has 0 aliphatic rings. The van der Waals surface area contributed by atoms with E-state index in [9.17, 15) is 9.59 Å². The molecule has 5 heteroatoms. The SMILES string of the molecule is CCOC(=O)c1cc2cc(C(=O)O)ccc2n1C. The zero-order valence-corrected chi connectivity index (χ0v) is 10.1. The van der Waals surface area contributed by atoms with Crippen molar-refractivity contribution in [3.8, 4) is 0 Å². The monoisotopic (exact) mass is 247 g/mol. The Balaban J connectivity index is 2.55. The topological polar surface area (TPSA) is 68.5 Å². The highest BCUT2D eigenvalue weighted by molar-refractivity contribution is 5.98. The molecule has 94 valence electrons. The summed E-state index contributed by atoms with van der Waals surface area (Å²) in [5.74, 6) is -1.40. The Morgan fingerprint density at radius 2 is 2.06 bits per heavy atom. The summed E-state index contributed by atoms with van der Waals surface area (Å²) in [5, 5.41) is 9.62. The van der Waals surface area contributed by atoms with E-state index in [0.29, 0.717) is 17.7 Å². The van der Waals surface area contributed by atoms with Crippen LogP contribution in [0.5, 0.6) is 0 Å². The number of hydrogen-bond acceptors (Lipinski definition) is 3. The van der Waals surface area contributed by atoms with Crippen molar-refractivity contribution >= 4 is 22.8 Å². The van der Waals surface area contributed by atoms with Crippen molar-refractivity contribution in [2.24, 2.45) is 7.05 Å². The highest BCUT2D eigenvalue weighted by atomic mass is 16.5. The normalized spacial score (nSPS) is 10.6. The van der Waals surface area contributed by atoms with E-state index >= 15 is 0 Å². The zero-order valence-electron chi connectivity index (χ0n) is 10.1. The molecule has 0 spiro atoms. The standard InChI is InChI=1S/C13H13NO4/c1-3-18-13(17)11-7-9-6-8(12(15)16)4-5-10(9)14(11)2/h4-7H,3H2,1-2H3,(H,15,16). The molecule has 0 amide bonds. The van der Waals surface area contributed by atoms with Crippen LogP contribution < -0.4 is 0 Å². The Bertz CT molecular complexity index is 627. The first-order valence-electron chi connectivity index (χ1n) is 5.54. The minimum atomic E-state index is -0.988. The highest BCUT2D eigenvalue weighted by Crippen LogP contribution is 2.21. The van der Waals surface area contributed by atoms with Gasteiger partial charge in [0.15, 0.2) is 0 Å². The van der Waals surface area contributed by atoms with Gasteiger partial charge < -0.3 is 14.4 Å². The fourth-order valence-electron chi connectivity index (χ4n) is 1.88. The molecule has 0 fully saturated rings. The van der Waals surface area contributed by atoms with Crippen molar-refractivity contribution < 1.29 is 19.4 Å². The van der Waals surface area contributed by atoms with Gasteiger partial charge in [0.25, 0.3) is 0 Å². The lowest BCUT2D eigenvalue weighted by Crippen LogP contribution is -2.09. The quantitative estimate of drug-likeness (QED) is 0.843. The number of nitrogens with zero attached hydrogens (tertiary/aromatic N) is 1. The van der Waals surface area contributed by atoms with Crippen molar-refractivity contribution in [3.63, 3.8) is 0 Å². The van der Waals surface area contributed by atoms with Gasteiger partial charge in [-0.05, 0) is 31.2 Å². The lowest BCUT2D eigenvalue weighted by Gasteiger charge is -2.03. The number of carbonyl (C=O) groups is 2. The van der Waals surface area contributed by atoms with Gasteiger partial charge in [0, 0.05) is 18.0 Å². The molecule has 0 aliphatic heterocycles. The summed E-state index contributed by atoms with van der Waals surface area (Å²) >= 11 is 0. The number of hydrogen-bond donors (Lipinski definition) is 1. The first-order chi connectivity index (χ1) is 8.54. The minimum Gasteiger partial charge on any atom is -0.478 e. The van der Waals surface area contributed by atoms with Crippen LogP contribution in [0.1, 0.15) is 27.8 Å². The van der Waals surface area contributed by atoms with Gasteiger partial charge in [-0.25, -0.2) is 9.59 Å². The number of aryl methyl sites for hydroxylation is 1. The molecule has 1 aromatic heterocycles. The number of carboxylic acids is 1. The predicted molar refractivity (Wildman–Crippen MR) is 65.8 cm³/mol. The van der Waals surface area contributed by atoms with E-state index in [-0.39, 0.29) is 5.56 Å². The molecule has 0 saturated heterocycles. The average Bonchev–Trinajstić information content (AvgIpc) is 2.66. The van der Waals surface area contributed by atoms with E-state index in [1.54, 1.807) is 36.7 Å². The van der Waals surface area contributed by atoms with E-state index in [2.05, 4.69) is 0 Å². The van der Waals surface area contributed by atoms with Crippen molar-refractivity contribution in [2.75, 3.05) is 6.61 Å². The number of ether oxygens (including phenoxy) is 1. The number of carboxylic acid groups (broad SMARTS) is 1. The molecule has 0 bridgehead atoms. The van der Waals surface area contributed by atoms with E-state index in [1.165, 1.54) is 6.07 Å². The van der Waals surface area contributed by atoms with Crippen LogP contribution in [-0.2, 0) is 11.8 Å². The van der Waals surface area contributed by atoms with Crippen LogP contribution in [-0.4, -0.2) is 28.2 Å². The van der Waals surface area contributed by atoms with Crippen molar-refractivity contribution in [1.82, 2.24) is 4.57 Å². The van der Waals surface area contributed by atoms with E-state index in [0.717, 1.165) is 5.52 Å².